The van der Waals surface area contributed by atoms with Crippen molar-refractivity contribution in [3.05, 3.63) is 51.4 Å². The van der Waals surface area contributed by atoms with Crippen LogP contribution in [-0.4, -0.2) is 22.3 Å². The number of rotatable bonds is 3. The third kappa shape index (κ3) is 2.23. The van der Waals surface area contributed by atoms with E-state index >= 15 is 0 Å². The van der Waals surface area contributed by atoms with E-state index in [4.69, 9.17) is 15.2 Å². The van der Waals surface area contributed by atoms with Gasteiger partial charge in [-0.25, -0.2) is 4.98 Å². The summed E-state index contributed by atoms with van der Waals surface area (Å²) in [6.45, 7) is 0.510. The van der Waals surface area contributed by atoms with Gasteiger partial charge in [-0.3, -0.25) is 14.2 Å². The lowest BCUT2D eigenvalue weighted by Crippen LogP contribution is -2.23. The molecule has 0 bridgehead atoms. The Morgan fingerprint density at radius 1 is 1.35 bits per heavy atom. The average molecular weight is 329 g/mol. The minimum atomic E-state index is -0.629. The molecule has 0 fully saturated rings. The fourth-order valence-corrected chi connectivity index (χ4v) is 3.38. The molecule has 0 atom stereocenters. The lowest BCUT2D eigenvalue weighted by Gasteiger charge is -2.06. The SMILES string of the molecule is NC(=O)c1csc2ncn(Cc3ccc4c(c3)OCO4)c(=O)c12. The first-order valence-electron chi connectivity index (χ1n) is 6.78. The number of primary amides is 1. The van der Waals surface area contributed by atoms with Gasteiger partial charge in [-0.2, -0.15) is 0 Å². The largest absolute Gasteiger partial charge is 0.454 e. The first-order chi connectivity index (χ1) is 11.1. The van der Waals surface area contributed by atoms with Crippen LogP contribution in [0, 0.1) is 0 Å². The molecule has 7 nitrogen and oxygen atoms in total. The van der Waals surface area contributed by atoms with Crippen LogP contribution in [0.1, 0.15) is 15.9 Å². The van der Waals surface area contributed by atoms with Gasteiger partial charge in [-0.1, -0.05) is 6.07 Å². The van der Waals surface area contributed by atoms with Crippen molar-refractivity contribution < 1.29 is 14.3 Å². The number of aromatic nitrogens is 2. The molecule has 4 rings (SSSR count). The highest BCUT2D eigenvalue weighted by Gasteiger charge is 2.17. The van der Waals surface area contributed by atoms with Crippen LogP contribution in [0.4, 0.5) is 0 Å². The number of hydrogen-bond donors (Lipinski definition) is 1. The number of amides is 1. The number of carbonyl (C=O) groups excluding carboxylic acids is 1. The number of thiophene rings is 1. The van der Waals surface area contributed by atoms with Crippen LogP contribution in [-0.2, 0) is 6.54 Å². The van der Waals surface area contributed by atoms with Gasteiger partial charge < -0.3 is 15.2 Å². The molecule has 1 amide bonds. The van der Waals surface area contributed by atoms with E-state index in [9.17, 15) is 9.59 Å². The molecule has 1 aliphatic heterocycles. The Labute approximate surface area is 133 Å². The number of ether oxygens (including phenoxy) is 2. The third-order valence-electron chi connectivity index (χ3n) is 3.62. The van der Waals surface area contributed by atoms with Gasteiger partial charge in [0.1, 0.15) is 4.83 Å². The van der Waals surface area contributed by atoms with Gasteiger partial charge in [0.05, 0.1) is 23.8 Å². The van der Waals surface area contributed by atoms with Crippen molar-refractivity contribution in [2.75, 3.05) is 6.79 Å². The van der Waals surface area contributed by atoms with E-state index in [1.165, 1.54) is 22.2 Å². The molecule has 1 aromatic carbocycles. The van der Waals surface area contributed by atoms with Crippen LogP contribution >= 0.6 is 11.3 Å². The Hall–Kier alpha value is -2.87. The smallest absolute Gasteiger partial charge is 0.263 e. The van der Waals surface area contributed by atoms with Crippen LogP contribution in [0.15, 0.2) is 34.7 Å². The predicted octanol–water partition coefficient (Wildman–Crippen LogP) is 1.33. The summed E-state index contributed by atoms with van der Waals surface area (Å²) in [5, 5.41) is 1.83. The normalized spacial score (nSPS) is 12.7. The fourth-order valence-electron chi connectivity index (χ4n) is 2.50. The lowest BCUT2D eigenvalue weighted by molar-refractivity contribution is 0.100. The Kier molecular flexibility index (Phi) is 3.05. The summed E-state index contributed by atoms with van der Waals surface area (Å²) in [5.41, 5.74) is 6.11. The molecule has 0 saturated heterocycles. The summed E-state index contributed by atoms with van der Waals surface area (Å²) in [6, 6.07) is 5.47. The number of nitrogens with zero attached hydrogens (tertiary/aromatic N) is 2. The number of benzene rings is 1. The second-order valence-corrected chi connectivity index (χ2v) is 5.92. The molecular weight excluding hydrogens is 318 g/mol. The molecule has 3 heterocycles. The predicted molar refractivity (Wildman–Crippen MR) is 84.1 cm³/mol. The second-order valence-electron chi connectivity index (χ2n) is 5.06. The Morgan fingerprint density at radius 2 is 2.17 bits per heavy atom. The van der Waals surface area contributed by atoms with Crippen molar-refractivity contribution >= 4 is 27.5 Å². The average Bonchev–Trinajstić information content (AvgIpc) is 3.16. The molecule has 0 spiro atoms. The van der Waals surface area contributed by atoms with Gasteiger partial charge in [0.15, 0.2) is 11.5 Å². The molecule has 8 heteroatoms. The maximum Gasteiger partial charge on any atom is 0.263 e. The van der Waals surface area contributed by atoms with Crippen LogP contribution < -0.4 is 20.8 Å². The standard InChI is InChI=1S/C15H11N3O4S/c16-13(19)9-5-23-14-12(9)15(20)18(6-17-14)4-8-1-2-10-11(3-8)22-7-21-10/h1-3,5-6H,4,7H2,(H2,16,19). The van der Waals surface area contributed by atoms with Crippen molar-refractivity contribution in [3.8, 4) is 11.5 Å². The van der Waals surface area contributed by atoms with E-state index in [-0.39, 0.29) is 23.3 Å². The van der Waals surface area contributed by atoms with Crippen molar-refractivity contribution in [2.45, 2.75) is 6.54 Å². The monoisotopic (exact) mass is 329 g/mol. The molecule has 2 aromatic heterocycles. The van der Waals surface area contributed by atoms with E-state index < -0.39 is 5.91 Å². The lowest BCUT2D eigenvalue weighted by atomic mass is 10.2. The first-order valence-corrected chi connectivity index (χ1v) is 7.66. The van der Waals surface area contributed by atoms with Gasteiger partial charge in [0.2, 0.25) is 12.7 Å². The minimum absolute atomic E-state index is 0.198. The molecular formula is C15H11N3O4S. The minimum Gasteiger partial charge on any atom is -0.454 e. The van der Waals surface area contributed by atoms with Crippen molar-refractivity contribution in [1.29, 1.82) is 0 Å². The van der Waals surface area contributed by atoms with Crippen LogP contribution in [0.2, 0.25) is 0 Å². The zero-order chi connectivity index (χ0) is 16.0. The van der Waals surface area contributed by atoms with E-state index in [0.29, 0.717) is 22.9 Å². The third-order valence-corrected chi connectivity index (χ3v) is 4.50. The summed E-state index contributed by atoms with van der Waals surface area (Å²) in [4.78, 5) is 28.8. The Balaban J connectivity index is 1.77. The first kappa shape index (κ1) is 13.8. The van der Waals surface area contributed by atoms with Crippen molar-refractivity contribution in [1.82, 2.24) is 9.55 Å². The highest BCUT2D eigenvalue weighted by atomic mass is 32.1. The summed E-state index contributed by atoms with van der Waals surface area (Å²) in [5.74, 6) is 0.706. The van der Waals surface area contributed by atoms with E-state index in [0.717, 1.165) is 5.56 Å². The molecule has 0 aliphatic carbocycles. The van der Waals surface area contributed by atoms with E-state index in [1.54, 1.807) is 11.4 Å². The summed E-state index contributed by atoms with van der Waals surface area (Å²) in [6.07, 6.45) is 1.47. The quantitative estimate of drug-likeness (QED) is 0.782. The maximum atomic E-state index is 12.6. The van der Waals surface area contributed by atoms with E-state index in [1.807, 2.05) is 12.1 Å². The van der Waals surface area contributed by atoms with Crippen molar-refractivity contribution in [3.63, 3.8) is 0 Å². The van der Waals surface area contributed by atoms with Gasteiger partial charge in [-0.05, 0) is 17.7 Å². The van der Waals surface area contributed by atoms with Gasteiger partial charge in [0.25, 0.3) is 5.56 Å². The van der Waals surface area contributed by atoms with Crippen molar-refractivity contribution in [2.24, 2.45) is 5.73 Å². The molecule has 23 heavy (non-hydrogen) atoms. The van der Waals surface area contributed by atoms with E-state index in [2.05, 4.69) is 4.98 Å². The van der Waals surface area contributed by atoms with Crippen LogP contribution in [0.5, 0.6) is 11.5 Å². The number of hydrogen-bond acceptors (Lipinski definition) is 6. The highest BCUT2D eigenvalue weighted by molar-refractivity contribution is 7.17. The van der Waals surface area contributed by atoms with Gasteiger partial charge >= 0.3 is 0 Å². The molecule has 0 saturated carbocycles. The molecule has 2 N–H and O–H groups in total. The topological polar surface area (TPSA) is 96.4 Å². The number of fused-ring (bicyclic) bond motifs is 2. The summed E-state index contributed by atoms with van der Waals surface area (Å²) >= 11 is 1.23. The molecule has 0 unspecified atom stereocenters. The summed E-state index contributed by atoms with van der Waals surface area (Å²) in [7, 11) is 0. The van der Waals surface area contributed by atoms with Crippen LogP contribution in [0.3, 0.4) is 0 Å². The fraction of sp³-hybridized carbons (Fsp3) is 0.133. The highest BCUT2D eigenvalue weighted by Crippen LogP contribution is 2.32. The Morgan fingerprint density at radius 3 is 3.00 bits per heavy atom. The second kappa shape index (κ2) is 5.10. The number of nitrogens with two attached hydrogens (primary N) is 1. The summed E-state index contributed by atoms with van der Waals surface area (Å²) < 4.78 is 12.0. The Bertz CT molecular complexity index is 992. The molecule has 1 aliphatic rings. The zero-order valence-corrected chi connectivity index (χ0v) is 12.6. The number of carbonyl (C=O) groups is 1. The zero-order valence-electron chi connectivity index (χ0n) is 11.8. The van der Waals surface area contributed by atoms with Gasteiger partial charge in [0, 0.05) is 5.38 Å². The van der Waals surface area contributed by atoms with Gasteiger partial charge in [-0.15, -0.1) is 11.3 Å². The maximum absolute atomic E-state index is 12.6. The molecule has 3 aromatic rings. The molecule has 0 radical (unpaired) electrons. The van der Waals surface area contributed by atoms with Crippen LogP contribution in [0.25, 0.3) is 10.2 Å². The molecule has 116 valence electrons.